The SMILES string of the molecule is Clc1ccc(CCNc2nc3ccccn3n2)c(Cl)c1. The fraction of sp³-hybridized carbons (Fsp3) is 0.143. The second kappa shape index (κ2) is 5.69. The summed E-state index contributed by atoms with van der Waals surface area (Å²) in [6.45, 7) is 0.707. The van der Waals surface area contributed by atoms with Crippen LogP contribution in [0.4, 0.5) is 5.95 Å². The van der Waals surface area contributed by atoms with Crippen LogP contribution in [0.15, 0.2) is 42.6 Å². The van der Waals surface area contributed by atoms with Crippen LogP contribution in [-0.2, 0) is 6.42 Å². The van der Waals surface area contributed by atoms with Gasteiger partial charge in [-0.2, -0.15) is 4.98 Å². The van der Waals surface area contributed by atoms with Crippen molar-refractivity contribution in [3.63, 3.8) is 0 Å². The van der Waals surface area contributed by atoms with Gasteiger partial charge in [-0.25, -0.2) is 4.52 Å². The number of nitrogens with one attached hydrogen (secondary N) is 1. The van der Waals surface area contributed by atoms with Gasteiger partial charge in [-0.05, 0) is 36.2 Å². The van der Waals surface area contributed by atoms with Crippen LogP contribution in [-0.4, -0.2) is 21.1 Å². The molecule has 2 heterocycles. The Morgan fingerprint density at radius 2 is 2.05 bits per heavy atom. The third-order valence-electron chi connectivity index (χ3n) is 2.93. The molecule has 3 aromatic rings. The van der Waals surface area contributed by atoms with Gasteiger partial charge in [-0.1, -0.05) is 35.3 Å². The molecule has 4 nitrogen and oxygen atoms in total. The number of benzene rings is 1. The number of aromatic nitrogens is 3. The summed E-state index contributed by atoms with van der Waals surface area (Å²) in [6, 6.07) is 11.3. The molecule has 0 saturated heterocycles. The van der Waals surface area contributed by atoms with Gasteiger partial charge in [0, 0.05) is 22.8 Å². The lowest BCUT2D eigenvalue weighted by atomic mass is 10.1. The van der Waals surface area contributed by atoms with Gasteiger partial charge in [0.1, 0.15) is 0 Å². The van der Waals surface area contributed by atoms with Crippen molar-refractivity contribution in [2.45, 2.75) is 6.42 Å². The molecule has 2 aromatic heterocycles. The molecule has 0 bridgehead atoms. The summed E-state index contributed by atoms with van der Waals surface area (Å²) in [5.74, 6) is 0.612. The van der Waals surface area contributed by atoms with E-state index < -0.39 is 0 Å². The molecule has 0 amide bonds. The minimum atomic E-state index is 0.612. The molecule has 0 fully saturated rings. The minimum Gasteiger partial charge on any atom is -0.353 e. The zero-order chi connectivity index (χ0) is 13.9. The Kier molecular flexibility index (Phi) is 3.76. The third-order valence-corrected chi connectivity index (χ3v) is 3.52. The number of fused-ring (bicyclic) bond motifs is 1. The van der Waals surface area contributed by atoms with Crippen molar-refractivity contribution < 1.29 is 0 Å². The molecule has 0 spiro atoms. The molecule has 1 N–H and O–H groups in total. The Morgan fingerprint density at radius 3 is 2.85 bits per heavy atom. The third kappa shape index (κ3) is 2.86. The van der Waals surface area contributed by atoms with Crippen LogP contribution in [0.5, 0.6) is 0 Å². The Hall–Kier alpha value is -1.78. The number of halogens is 2. The first-order valence-electron chi connectivity index (χ1n) is 6.21. The molecule has 0 radical (unpaired) electrons. The maximum Gasteiger partial charge on any atom is 0.243 e. The monoisotopic (exact) mass is 306 g/mol. The van der Waals surface area contributed by atoms with Gasteiger partial charge < -0.3 is 5.32 Å². The van der Waals surface area contributed by atoms with Gasteiger partial charge in [0.25, 0.3) is 0 Å². The molecule has 0 atom stereocenters. The molecule has 0 unspecified atom stereocenters. The van der Waals surface area contributed by atoms with Crippen LogP contribution in [0.25, 0.3) is 5.65 Å². The Morgan fingerprint density at radius 1 is 1.15 bits per heavy atom. The van der Waals surface area contributed by atoms with Crippen molar-refractivity contribution in [1.29, 1.82) is 0 Å². The summed E-state index contributed by atoms with van der Waals surface area (Å²) in [7, 11) is 0. The fourth-order valence-electron chi connectivity index (χ4n) is 1.94. The van der Waals surface area contributed by atoms with E-state index in [1.807, 2.05) is 36.5 Å². The van der Waals surface area contributed by atoms with Crippen LogP contribution in [0, 0.1) is 0 Å². The average molecular weight is 307 g/mol. The normalized spacial score (nSPS) is 10.9. The second-order valence-corrected chi connectivity index (χ2v) is 5.19. The van der Waals surface area contributed by atoms with Gasteiger partial charge in [-0.15, -0.1) is 5.10 Å². The minimum absolute atomic E-state index is 0.612. The topological polar surface area (TPSA) is 42.2 Å². The Bertz CT molecular complexity index is 706. The molecule has 0 saturated carbocycles. The van der Waals surface area contributed by atoms with E-state index in [4.69, 9.17) is 23.2 Å². The molecule has 20 heavy (non-hydrogen) atoms. The lowest BCUT2D eigenvalue weighted by Crippen LogP contribution is -2.06. The van der Waals surface area contributed by atoms with E-state index in [2.05, 4.69) is 15.4 Å². The van der Waals surface area contributed by atoms with Crippen LogP contribution in [0.2, 0.25) is 10.0 Å². The van der Waals surface area contributed by atoms with Gasteiger partial charge in [0.15, 0.2) is 5.65 Å². The van der Waals surface area contributed by atoms with E-state index in [0.717, 1.165) is 17.6 Å². The maximum atomic E-state index is 6.13. The second-order valence-electron chi connectivity index (χ2n) is 4.35. The van der Waals surface area contributed by atoms with Gasteiger partial charge >= 0.3 is 0 Å². The summed E-state index contributed by atoms with van der Waals surface area (Å²) in [5.41, 5.74) is 1.87. The highest BCUT2D eigenvalue weighted by molar-refractivity contribution is 6.35. The molecule has 0 aliphatic heterocycles. The quantitative estimate of drug-likeness (QED) is 0.799. The van der Waals surface area contributed by atoms with Gasteiger partial charge in [0.2, 0.25) is 5.95 Å². The first kappa shape index (κ1) is 13.2. The summed E-state index contributed by atoms with van der Waals surface area (Å²) < 4.78 is 1.73. The van der Waals surface area contributed by atoms with Crippen LogP contribution in [0.1, 0.15) is 5.56 Å². The number of nitrogens with zero attached hydrogens (tertiary/aromatic N) is 3. The molecular formula is C14H12Cl2N4. The number of hydrogen-bond donors (Lipinski definition) is 1. The van der Waals surface area contributed by atoms with Crippen molar-refractivity contribution in [2.75, 3.05) is 11.9 Å². The van der Waals surface area contributed by atoms with Crippen molar-refractivity contribution in [1.82, 2.24) is 14.6 Å². The highest BCUT2D eigenvalue weighted by atomic mass is 35.5. The van der Waals surface area contributed by atoms with E-state index >= 15 is 0 Å². The first-order valence-corrected chi connectivity index (χ1v) is 6.97. The van der Waals surface area contributed by atoms with E-state index in [-0.39, 0.29) is 0 Å². The largest absolute Gasteiger partial charge is 0.353 e. The fourth-order valence-corrected chi connectivity index (χ4v) is 2.44. The molecule has 3 rings (SSSR count). The highest BCUT2D eigenvalue weighted by Gasteiger charge is 2.04. The summed E-state index contributed by atoms with van der Waals surface area (Å²) in [4.78, 5) is 4.37. The molecule has 1 aromatic carbocycles. The Balaban J connectivity index is 1.64. The average Bonchev–Trinajstić information content (AvgIpc) is 2.84. The molecule has 102 valence electrons. The van der Waals surface area contributed by atoms with E-state index in [1.165, 1.54) is 0 Å². The Labute approximate surface area is 126 Å². The lowest BCUT2D eigenvalue weighted by molar-refractivity contribution is 0.937. The molecule has 0 aliphatic carbocycles. The zero-order valence-corrected chi connectivity index (χ0v) is 12.1. The molecule has 6 heteroatoms. The predicted octanol–water partition coefficient (Wildman–Crippen LogP) is 3.69. The first-order chi connectivity index (χ1) is 9.72. The van der Waals surface area contributed by atoms with Crippen LogP contribution in [0.3, 0.4) is 0 Å². The summed E-state index contributed by atoms with van der Waals surface area (Å²) >= 11 is 12.0. The predicted molar refractivity (Wildman–Crippen MR) is 81.6 cm³/mol. The summed E-state index contributed by atoms with van der Waals surface area (Å²) in [5, 5.41) is 8.84. The van der Waals surface area contributed by atoms with E-state index in [0.29, 0.717) is 22.5 Å². The maximum absolute atomic E-state index is 6.13. The smallest absolute Gasteiger partial charge is 0.243 e. The van der Waals surface area contributed by atoms with Crippen LogP contribution >= 0.6 is 23.2 Å². The number of rotatable bonds is 4. The highest BCUT2D eigenvalue weighted by Crippen LogP contribution is 2.21. The van der Waals surface area contributed by atoms with Gasteiger partial charge in [-0.3, -0.25) is 0 Å². The lowest BCUT2D eigenvalue weighted by Gasteiger charge is -2.05. The standard InChI is InChI=1S/C14H12Cl2N4/c15-11-5-4-10(12(16)9-11)6-7-17-14-18-13-3-1-2-8-20(13)19-14/h1-5,8-9H,6-7H2,(H,17,19). The number of anilines is 1. The van der Waals surface area contributed by atoms with Crippen LogP contribution < -0.4 is 5.32 Å². The van der Waals surface area contributed by atoms with E-state index in [9.17, 15) is 0 Å². The summed E-state index contributed by atoms with van der Waals surface area (Å²) in [6.07, 6.45) is 2.65. The van der Waals surface area contributed by atoms with Crippen molar-refractivity contribution >= 4 is 34.8 Å². The van der Waals surface area contributed by atoms with Gasteiger partial charge in [0.05, 0.1) is 0 Å². The zero-order valence-electron chi connectivity index (χ0n) is 10.6. The number of hydrogen-bond acceptors (Lipinski definition) is 3. The van der Waals surface area contributed by atoms with E-state index in [1.54, 1.807) is 10.6 Å². The van der Waals surface area contributed by atoms with Crippen molar-refractivity contribution in [2.24, 2.45) is 0 Å². The van der Waals surface area contributed by atoms with Crippen molar-refractivity contribution in [3.8, 4) is 0 Å². The molecular weight excluding hydrogens is 295 g/mol. The molecule has 0 aliphatic rings. The van der Waals surface area contributed by atoms with Crippen molar-refractivity contribution in [3.05, 3.63) is 58.2 Å². The number of pyridine rings is 1.